The van der Waals surface area contributed by atoms with E-state index in [4.69, 9.17) is 11.0 Å². The van der Waals surface area contributed by atoms with Crippen LogP contribution in [0.1, 0.15) is 28.7 Å². The van der Waals surface area contributed by atoms with Crippen LogP contribution in [-0.4, -0.2) is 13.1 Å². The maximum atomic E-state index is 12.6. The van der Waals surface area contributed by atoms with Crippen LogP contribution in [0.15, 0.2) is 12.1 Å². The van der Waals surface area contributed by atoms with Gasteiger partial charge in [-0.25, -0.2) is 8.78 Å². The molecule has 0 saturated carbocycles. The standard InChI is InChI=1S/C12H12F2N2O2/c1-18-11(17)4-10-8(5-15)2-7(12(13)14)3-9(10)6-16/h2-3,12H,4-5,15H2,1H3. The maximum Gasteiger partial charge on any atom is 0.310 e. The molecular formula is C12H12F2N2O2. The monoisotopic (exact) mass is 254 g/mol. The lowest BCUT2D eigenvalue weighted by Crippen LogP contribution is -2.12. The lowest BCUT2D eigenvalue weighted by Gasteiger charge is -2.11. The van der Waals surface area contributed by atoms with Gasteiger partial charge in [0.05, 0.1) is 25.2 Å². The molecule has 0 aliphatic carbocycles. The Bertz CT molecular complexity index is 496. The lowest BCUT2D eigenvalue weighted by atomic mass is 9.96. The van der Waals surface area contributed by atoms with Crippen LogP contribution in [0.3, 0.4) is 0 Å². The number of carbonyl (C=O) groups excluding carboxylic acids is 1. The second-order valence-electron chi connectivity index (χ2n) is 3.58. The summed E-state index contributed by atoms with van der Waals surface area (Å²) < 4.78 is 29.7. The average molecular weight is 254 g/mol. The number of hydrogen-bond donors (Lipinski definition) is 1. The van der Waals surface area contributed by atoms with E-state index in [-0.39, 0.29) is 24.1 Å². The van der Waals surface area contributed by atoms with E-state index >= 15 is 0 Å². The van der Waals surface area contributed by atoms with E-state index in [2.05, 4.69) is 4.74 Å². The zero-order valence-corrected chi connectivity index (χ0v) is 9.74. The van der Waals surface area contributed by atoms with Crippen molar-refractivity contribution >= 4 is 5.97 Å². The van der Waals surface area contributed by atoms with E-state index in [0.29, 0.717) is 11.1 Å². The van der Waals surface area contributed by atoms with Crippen LogP contribution in [0, 0.1) is 11.3 Å². The minimum absolute atomic E-state index is 0.0262. The third-order valence-electron chi connectivity index (χ3n) is 2.51. The molecule has 0 amide bonds. The predicted molar refractivity (Wildman–Crippen MR) is 59.7 cm³/mol. The highest BCUT2D eigenvalue weighted by molar-refractivity contribution is 5.74. The first kappa shape index (κ1) is 14.1. The van der Waals surface area contributed by atoms with Gasteiger partial charge in [-0.3, -0.25) is 4.79 Å². The number of ether oxygens (including phenoxy) is 1. The van der Waals surface area contributed by atoms with Crippen LogP contribution in [0.25, 0.3) is 0 Å². The van der Waals surface area contributed by atoms with Crippen LogP contribution >= 0.6 is 0 Å². The molecule has 0 bridgehead atoms. The Labute approximate surface area is 103 Å². The van der Waals surface area contributed by atoms with Crippen LogP contribution in [-0.2, 0) is 22.5 Å². The predicted octanol–water partition coefficient (Wildman–Crippen LogP) is 1.67. The molecule has 18 heavy (non-hydrogen) atoms. The molecule has 2 N–H and O–H groups in total. The summed E-state index contributed by atoms with van der Waals surface area (Å²) in [6.07, 6.45) is -2.84. The molecule has 0 unspecified atom stereocenters. The van der Waals surface area contributed by atoms with Gasteiger partial charge in [0.2, 0.25) is 0 Å². The summed E-state index contributed by atoms with van der Waals surface area (Å²) >= 11 is 0. The highest BCUT2D eigenvalue weighted by atomic mass is 19.3. The minimum atomic E-state index is -2.69. The Kier molecular flexibility index (Phi) is 4.75. The highest BCUT2D eigenvalue weighted by Crippen LogP contribution is 2.25. The number of nitriles is 1. The smallest absolute Gasteiger partial charge is 0.310 e. The first-order chi connectivity index (χ1) is 8.53. The third-order valence-corrected chi connectivity index (χ3v) is 2.51. The molecule has 0 saturated heterocycles. The van der Waals surface area contributed by atoms with Gasteiger partial charge in [-0.1, -0.05) is 0 Å². The zero-order chi connectivity index (χ0) is 13.7. The number of nitrogens with two attached hydrogens (primary N) is 1. The fourth-order valence-corrected chi connectivity index (χ4v) is 1.59. The van der Waals surface area contributed by atoms with Crippen molar-refractivity contribution in [1.82, 2.24) is 0 Å². The normalized spacial score (nSPS) is 10.2. The van der Waals surface area contributed by atoms with Gasteiger partial charge in [0.15, 0.2) is 0 Å². The number of alkyl halides is 2. The quantitative estimate of drug-likeness (QED) is 0.829. The van der Waals surface area contributed by atoms with Gasteiger partial charge >= 0.3 is 5.97 Å². The largest absolute Gasteiger partial charge is 0.469 e. The molecule has 0 spiro atoms. The van der Waals surface area contributed by atoms with E-state index in [0.717, 1.165) is 6.07 Å². The molecule has 0 heterocycles. The fraction of sp³-hybridized carbons (Fsp3) is 0.333. The van der Waals surface area contributed by atoms with E-state index in [1.165, 1.54) is 13.2 Å². The number of rotatable bonds is 4. The maximum absolute atomic E-state index is 12.6. The molecule has 0 aliphatic rings. The van der Waals surface area contributed by atoms with Crippen molar-refractivity contribution in [3.8, 4) is 6.07 Å². The zero-order valence-electron chi connectivity index (χ0n) is 9.74. The van der Waals surface area contributed by atoms with Crippen molar-refractivity contribution in [2.45, 2.75) is 19.4 Å². The number of methoxy groups -OCH3 is 1. The van der Waals surface area contributed by atoms with Crippen molar-refractivity contribution < 1.29 is 18.3 Å². The lowest BCUT2D eigenvalue weighted by molar-refractivity contribution is -0.139. The molecule has 0 aromatic heterocycles. The van der Waals surface area contributed by atoms with Gasteiger partial charge in [0, 0.05) is 12.1 Å². The molecule has 6 heteroatoms. The van der Waals surface area contributed by atoms with Gasteiger partial charge in [0.1, 0.15) is 0 Å². The number of carbonyl (C=O) groups is 1. The van der Waals surface area contributed by atoms with Crippen molar-refractivity contribution in [2.75, 3.05) is 7.11 Å². The topological polar surface area (TPSA) is 76.1 Å². The van der Waals surface area contributed by atoms with E-state index < -0.39 is 12.4 Å². The summed E-state index contributed by atoms with van der Waals surface area (Å²) in [5, 5.41) is 8.94. The molecule has 0 radical (unpaired) electrons. The number of halogens is 2. The number of hydrogen-bond acceptors (Lipinski definition) is 4. The third kappa shape index (κ3) is 3.02. The molecule has 0 atom stereocenters. The summed E-state index contributed by atoms with van der Waals surface area (Å²) in [5.74, 6) is -0.550. The highest BCUT2D eigenvalue weighted by Gasteiger charge is 2.17. The second-order valence-corrected chi connectivity index (χ2v) is 3.58. The summed E-state index contributed by atoms with van der Waals surface area (Å²) in [5.41, 5.74) is 5.90. The fourth-order valence-electron chi connectivity index (χ4n) is 1.59. The van der Waals surface area contributed by atoms with Crippen LogP contribution in [0.5, 0.6) is 0 Å². The first-order valence-corrected chi connectivity index (χ1v) is 5.14. The molecule has 0 aliphatic heterocycles. The Balaban J connectivity index is 3.31. The first-order valence-electron chi connectivity index (χ1n) is 5.14. The average Bonchev–Trinajstić information content (AvgIpc) is 2.38. The molecular weight excluding hydrogens is 242 g/mol. The van der Waals surface area contributed by atoms with Crippen LogP contribution in [0.2, 0.25) is 0 Å². The minimum Gasteiger partial charge on any atom is -0.469 e. The summed E-state index contributed by atoms with van der Waals surface area (Å²) in [4.78, 5) is 11.2. The van der Waals surface area contributed by atoms with Gasteiger partial charge in [-0.2, -0.15) is 5.26 Å². The Hall–Kier alpha value is -2.00. The summed E-state index contributed by atoms with van der Waals surface area (Å²) in [6, 6.07) is 4.08. The van der Waals surface area contributed by atoms with Gasteiger partial charge in [-0.05, 0) is 23.3 Å². The number of benzene rings is 1. The Morgan fingerprint density at radius 2 is 2.22 bits per heavy atom. The van der Waals surface area contributed by atoms with Crippen molar-refractivity contribution in [3.05, 3.63) is 34.4 Å². The second kappa shape index (κ2) is 6.07. The summed E-state index contributed by atoms with van der Waals surface area (Å²) in [7, 11) is 1.21. The van der Waals surface area contributed by atoms with Gasteiger partial charge < -0.3 is 10.5 Å². The van der Waals surface area contributed by atoms with Crippen LogP contribution in [0.4, 0.5) is 8.78 Å². The Morgan fingerprint density at radius 1 is 1.56 bits per heavy atom. The molecule has 0 fully saturated rings. The van der Waals surface area contributed by atoms with Crippen molar-refractivity contribution in [2.24, 2.45) is 5.73 Å². The summed E-state index contributed by atoms with van der Waals surface area (Å²) in [6.45, 7) is -0.0262. The number of esters is 1. The van der Waals surface area contributed by atoms with Crippen LogP contribution < -0.4 is 5.73 Å². The van der Waals surface area contributed by atoms with Gasteiger partial charge in [0.25, 0.3) is 6.43 Å². The number of nitrogens with zero attached hydrogens (tertiary/aromatic N) is 1. The van der Waals surface area contributed by atoms with Gasteiger partial charge in [-0.15, -0.1) is 0 Å². The molecule has 1 aromatic carbocycles. The van der Waals surface area contributed by atoms with E-state index in [9.17, 15) is 13.6 Å². The molecule has 4 nitrogen and oxygen atoms in total. The molecule has 1 aromatic rings. The SMILES string of the molecule is COC(=O)Cc1c(C#N)cc(C(F)F)cc1CN. The Morgan fingerprint density at radius 3 is 2.67 bits per heavy atom. The van der Waals surface area contributed by atoms with E-state index in [1.807, 2.05) is 0 Å². The van der Waals surface area contributed by atoms with E-state index in [1.54, 1.807) is 6.07 Å². The molecule has 96 valence electrons. The molecule has 1 rings (SSSR count). The van der Waals surface area contributed by atoms with Crippen molar-refractivity contribution in [3.63, 3.8) is 0 Å². The van der Waals surface area contributed by atoms with Crippen molar-refractivity contribution in [1.29, 1.82) is 5.26 Å².